The Hall–Kier alpha value is 0.177. The largest absolute Gasteiger partial charge is 0.332 e. The molecule has 2 aliphatic carbocycles. The van der Waals surface area contributed by atoms with Crippen molar-refractivity contribution in [3.05, 3.63) is 0 Å². The molecule has 1 unspecified atom stereocenters. The maximum atomic E-state index is 4.06. The van der Waals surface area contributed by atoms with E-state index in [2.05, 4.69) is 52.7 Å². The molecule has 0 aromatic carbocycles. The summed E-state index contributed by atoms with van der Waals surface area (Å²) in [5.41, 5.74) is 1.25. The molecule has 0 radical (unpaired) electrons. The minimum Gasteiger partial charge on any atom is -0.332 e. The van der Waals surface area contributed by atoms with E-state index in [-0.39, 0.29) is 5.54 Å². The topological polar surface area (TPSA) is 12.0 Å². The van der Waals surface area contributed by atoms with Crippen molar-refractivity contribution in [1.29, 1.82) is 0 Å². The Bertz CT molecular complexity index is 318. The van der Waals surface area contributed by atoms with Gasteiger partial charge in [-0.1, -0.05) is 46.2 Å². The van der Waals surface area contributed by atoms with Crippen LogP contribution >= 0.6 is 0 Å². The SMILES string of the molecule is CC1[C@@H](C)[C@@H]2CCCC[C@@H]2[C@H]1[Si](C)(C)NC(C)(C)C. The predicted octanol–water partition coefficient (Wildman–Crippen LogP) is 5.04. The zero-order chi connectivity index (χ0) is 14.4. The van der Waals surface area contributed by atoms with Crippen LogP contribution in [-0.4, -0.2) is 13.8 Å². The highest BCUT2D eigenvalue weighted by Gasteiger charge is 2.53. The maximum absolute atomic E-state index is 4.06. The summed E-state index contributed by atoms with van der Waals surface area (Å²) in [6.07, 6.45) is 5.98. The van der Waals surface area contributed by atoms with Crippen molar-refractivity contribution in [1.82, 2.24) is 4.98 Å². The molecule has 0 amide bonds. The number of fused-ring (bicyclic) bond motifs is 1. The zero-order valence-electron chi connectivity index (χ0n) is 14.2. The molecule has 5 atom stereocenters. The maximum Gasteiger partial charge on any atom is 0.123 e. The Morgan fingerprint density at radius 1 is 0.895 bits per heavy atom. The van der Waals surface area contributed by atoms with Crippen LogP contribution in [0.5, 0.6) is 0 Å². The summed E-state index contributed by atoms with van der Waals surface area (Å²) in [6, 6.07) is 0. The minimum atomic E-state index is -1.37. The molecule has 19 heavy (non-hydrogen) atoms. The Balaban J connectivity index is 2.22. The summed E-state index contributed by atoms with van der Waals surface area (Å²) in [4.78, 5) is 4.06. The molecule has 0 saturated heterocycles. The Morgan fingerprint density at radius 3 is 1.95 bits per heavy atom. The van der Waals surface area contributed by atoms with E-state index in [1.54, 1.807) is 0 Å². The molecular formula is C17H35NSi. The molecule has 2 saturated carbocycles. The third kappa shape index (κ3) is 3.10. The standard InChI is InChI=1S/C17H35NSi/c1-12-13(2)16(15-11-9-8-10-14(12)15)19(6,7)18-17(3,4)5/h12-16,18H,8-11H2,1-7H3/t12-,13?,14+,15+,16+/m1/s1. The number of hydrogen-bond acceptors (Lipinski definition) is 1. The first-order chi connectivity index (χ1) is 8.63. The molecule has 0 aromatic rings. The molecule has 0 heterocycles. The van der Waals surface area contributed by atoms with Crippen LogP contribution in [0.2, 0.25) is 18.6 Å². The van der Waals surface area contributed by atoms with E-state index in [4.69, 9.17) is 0 Å². The average Bonchev–Trinajstić information content (AvgIpc) is 2.49. The molecule has 2 aliphatic rings. The van der Waals surface area contributed by atoms with Gasteiger partial charge >= 0.3 is 0 Å². The van der Waals surface area contributed by atoms with Crippen LogP contribution in [0.3, 0.4) is 0 Å². The lowest BCUT2D eigenvalue weighted by Crippen LogP contribution is -2.58. The van der Waals surface area contributed by atoms with Crippen LogP contribution in [0.25, 0.3) is 0 Å². The van der Waals surface area contributed by atoms with E-state index in [1.165, 1.54) is 25.7 Å². The minimum absolute atomic E-state index is 0.269. The smallest absolute Gasteiger partial charge is 0.123 e. The third-order valence-electron chi connectivity index (χ3n) is 5.94. The molecule has 0 bridgehead atoms. The van der Waals surface area contributed by atoms with E-state index in [1.807, 2.05) is 0 Å². The molecule has 0 spiro atoms. The zero-order valence-corrected chi connectivity index (χ0v) is 15.2. The first kappa shape index (κ1) is 15.6. The van der Waals surface area contributed by atoms with Gasteiger partial charge in [-0.05, 0) is 56.4 Å². The van der Waals surface area contributed by atoms with Crippen molar-refractivity contribution in [3.63, 3.8) is 0 Å². The predicted molar refractivity (Wildman–Crippen MR) is 87.9 cm³/mol. The molecule has 1 nitrogen and oxygen atoms in total. The lowest BCUT2D eigenvalue weighted by molar-refractivity contribution is 0.231. The highest BCUT2D eigenvalue weighted by Crippen LogP contribution is 2.58. The van der Waals surface area contributed by atoms with E-state index in [0.717, 1.165) is 29.2 Å². The first-order valence-electron chi connectivity index (χ1n) is 8.43. The fourth-order valence-electron chi connectivity index (χ4n) is 5.64. The second kappa shape index (κ2) is 5.18. The molecular weight excluding hydrogens is 246 g/mol. The highest BCUT2D eigenvalue weighted by atomic mass is 28.3. The van der Waals surface area contributed by atoms with Crippen LogP contribution in [0.15, 0.2) is 0 Å². The third-order valence-corrected chi connectivity index (χ3v) is 9.95. The number of hydrogen-bond donors (Lipinski definition) is 1. The van der Waals surface area contributed by atoms with Gasteiger partial charge in [0.05, 0.1) is 0 Å². The van der Waals surface area contributed by atoms with Gasteiger partial charge in [-0.15, -0.1) is 0 Å². The van der Waals surface area contributed by atoms with Crippen LogP contribution in [0.1, 0.15) is 60.3 Å². The molecule has 112 valence electrons. The van der Waals surface area contributed by atoms with E-state index in [0.29, 0.717) is 0 Å². The summed E-state index contributed by atoms with van der Waals surface area (Å²) in [5, 5.41) is 0. The highest BCUT2D eigenvalue weighted by molar-refractivity contribution is 6.76. The van der Waals surface area contributed by atoms with Crippen molar-refractivity contribution in [3.8, 4) is 0 Å². The fraction of sp³-hybridized carbons (Fsp3) is 1.00. The fourth-order valence-corrected chi connectivity index (χ4v) is 10.8. The number of nitrogens with one attached hydrogen (secondary N) is 1. The second-order valence-corrected chi connectivity index (χ2v) is 13.3. The van der Waals surface area contributed by atoms with Gasteiger partial charge in [0.1, 0.15) is 8.24 Å². The molecule has 2 rings (SSSR count). The summed E-state index contributed by atoms with van der Waals surface area (Å²) in [7, 11) is -1.37. The summed E-state index contributed by atoms with van der Waals surface area (Å²) in [6.45, 7) is 17.3. The van der Waals surface area contributed by atoms with Crippen molar-refractivity contribution < 1.29 is 0 Å². The quantitative estimate of drug-likeness (QED) is 0.699. The lowest BCUT2D eigenvalue weighted by atomic mass is 9.78. The second-order valence-electron chi connectivity index (χ2n) is 8.95. The molecule has 2 heteroatoms. The summed E-state index contributed by atoms with van der Waals surface area (Å²) < 4.78 is 0. The van der Waals surface area contributed by atoms with Crippen molar-refractivity contribution in [2.45, 2.75) is 84.5 Å². The molecule has 1 N–H and O–H groups in total. The summed E-state index contributed by atoms with van der Waals surface area (Å²) in [5.74, 6) is 3.92. The lowest BCUT2D eigenvalue weighted by Gasteiger charge is -2.43. The van der Waals surface area contributed by atoms with Crippen molar-refractivity contribution in [2.24, 2.45) is 23.7 Å². The van der Waals surface area contributed by atoms with Gasteiger partial charge in [-0.3, -0.25) is 0 Å². The van der Waals surface area contributed by atoms with E-state index in [9.17, 15) is 0 Å². The molecule has 0 aromatic heterocycles. The van der Waals surface area contributed by atoms with Gasteiger partial charge in [0.25, 0.3) is 0 Å². The Morgan fingerprint density at radius 2 is 1.42 bits per heavy atom. The normalized spacial score (nSPS) is 40.3. The van der Waals surface area contributed by atoms with Gasteiger partial charge in [0.2, 0.25) is 0 Å². The molecule has 0 aliphatic heterocycles. The Labute approximate surface area is 122 Å². The van der Waals surface area contributed by atoms with Crippen LogP contribution < -0.4 is 4.98 Å². The Kier molecular flexibility index (Phi) is 4.24. The average molecular weight is 282 g/mol. The van der Waals surface area contributed by atoms with Crippen LogP contribution in [-0.2, 0) is 0 Å². The first-order valence-corrected chi connectivity index (χ1v) is 11.5. The molecule has 2 fully saturated rings. The van der Waals surface area contributed by atoms with Gasteiger partial charge in [-0.2, -0.15) is 0 Å². The van der Waals surface area contributed by atoms with E-state index < -0.39 is 8.24 Å². The van der Waals surface area contributed by atoms with Gasteiger partial charge in [-0.25, -0.2) is 0 Å². The van der Waals surface area contributed by atoms with Gasteiger partial charge in [0.15, 0.2) is 0 Å². The van der Waals surface area contributed by atoms with E-state index >= 15 is 0 Å². The van der Waals surface area contributed by atoms with Gasteiger partial charge < -0.3 is 4.98 Å². The van der Waals surface area contributed by atoms with Crippen LogP contribution in [0, 0.1) is 23.7 Å². The monoisotopic (exact) mass is 281 g/mol. The summed E-state index contributed by atoms with van der Waals surface area (Å²) >= 11 is 0. The van der Waals surface area contributed by atoms with Crippen molar-refractivity contribution >= 4 is 8.24 Å². The van der Waals surface area contributed by atoms with Gasteiger partial charge in [0, 0.05) is 5.54 Å². The van der Waals surface area contributed by atoms with Crippen molar-refractivity contribution in [2.75, 3.05) is 0 Å². The van der Waals surface area contributed by atoms with Crippen LogP contribution in [0.4, 0.5) is 0 Å². The number of rotatable bonds is 2.